The summed E-state index contributed by atoms with van der Waals surface area (Å²) in [6.45, 7) is 1.41. The van der Waals surface area contributed by atoms with Crippen LogP contribution in [0.5, 0.6) is 0 Å². The van der Waals surface area contributed by atoms with E-state index in [1.165, 1.54) is 13.0 Å². The van der Waals surface area contributed by atoms with Gasteiger partial charge in [-0.1, -0.05) is 0 Å². The Morgan fingerprint density at radius 2 is 2.17 bits per heavy atom. The Hall–Kier alpha value is -1.38. The fourth-order valence-corrected chi connectivity index (χ4v) is 0.937. The number of nitrogens with one attached hydrogen (secondary N) is 1. The van der Waals surface area contributed by atoms with Gasteiger partial charge in [-0.05, 0) is 25.1 Å². The second kappa shape index (κ2) is 3.34. The lowest BCUT2D eigenvalue weighted by molar-refractivity contribution is 0.101. The molecule has 0 aromatic heterocycles. The van der Waals surface area contributed by atoms with Gasteiger partial charge >= 0.3 is 0 Å². The number of hydrogen-bond acceptors (Lipinski definition) is 2. The Labute approximate surface area is 70.4 Å². The molecule has 2 nitrogen and oxygen atoms in total. The third-order valence-corrected chi connectivity index (χ3v) is 1.64. The van der Waals surface area contributed by atoms with E-state index in [0.29, 0.717) is 11.3 Å². The fourth-order valence-electron chi connectivity index (χ4n) is 0.937. The van der Waals surface area contributed by atoms with E-state index >= 15 is 0 Å². The quantitative estimate of drug-likeness (QED) is 0.683. The van der Waals surface area contributed by atoms with Crippen molar-refractivity contribution in [2.24, 2.45) is 0 Å². The molecule has 12 heavy (non-hydrogen) atoms. The lowest BCUT2D eigenvalue weighted by Gasteiger charge is -2.02. The Balaban J connectivity index is 3.10. The molecule has 0 aliphatic carbocycles. The molecule has 0 heterocycles. The maximum absolute atomic E-state index is 13.0. The summed E-state index contributed by atoms with van der Waals surface area (Å²) in [5.41, 5.74) is 0.798. The van der Waals surface area contributed by atoms with Crippen LogP contribution in [0.1, 0.15) is 17.3 Å². The molecule has 1 N–H and O–H groups in total. The molecular formula is C9H10FNO. The number of rotatable bonds is 2. The minimum absolute atomic E-state index is 0.128. The molecule has 0 fully saturated rings. The van der Waals surface area contributed by atoms with Gasteiger partial charge in [0.15, 0.2) is 5.78 Å². The molecule has 3 heteroatoms. The predicted octanol–water partition coefficient (Wildman–Crippen LogP) is 2.07. The summed E-state index contributed by atoms with van der Waals surface area (Å²) in [4.78, 5) is 10.8. The van der Waals surface area contributed by atoms with Gasteiger partial charge in [0.05, 0.1) is 5.69 Å². The van der Waals surface area contributed by atoms with Crippen molar-refractivity contribution >= 4 is 11.5 Å². The summed E-state index contributed by atoms with van der Waals surface area (Å²) >= 11 is 0. The first kappa shape index (κ1) is 8.71. The van der Waals surface area contributed by atoms with Crippen LogP contribution < -0.4 is 5.32 Å². The maximum Gasteiger partial charge on any atom is 0.159 e. The zero-order chi connectivity index (χ0) is 9.14. The molecular weight excluding hydrogens is 157 g/mol. The summed E-state index contributed by atoms with van der Waals surface area (Å²) in [6.07, 6.45) is 0. The van der Waals surface area contributed by atoms with E-state index in [0.717, 1.165) is 0 Å². The molecule has 0 unspecified atom stereocenters. The highest BCUT2D eigenvalue weighted by atomic mass is 19.1. The highest BCUT2D eigenvalue weighted by Gasteiger charge is 2.03. The Morgan fingerprint density at radius 3 is 2.58 bits per heavy atom. The monoisotopic (exact) mass is 167 g/mol. The highest BCUT2D eigenvalue weighted by Crippen LogP contribution is 2.14. The Bertz CT molecular complexity index is 309. The number of carbonyl (C=O) groups excluding carboxylic acids is 1. The van der Waals surface area contributed by atoms with Gasteiger partial charge in [0, 0.05) is 12.6 Å². The van der Waals surface area contributed by atoms with Crippen molar-refractivity contribution in [1.29, 1.82) is 0 Å². The van der Waals surface area contributed by atoms with E-state index in [9.17, 15) is 9.18 Å². The Kier molecular flexibility index (Phi) is 2.43. The molecule has 0 saturated heterocycles. The standard InChI is InChI=1S/C9H10FNO/c1-6(12)7-3-4-9(11-2)8(10)5-7/h3-5,11H,1-2H3. The van der Waals surface area contributed by atoms with Crippen molar-refractivity contribution in [3.63, 3.8) is 0 Å². The van der Waals surface area contributed by atoms with Gasteiger partial charge in [0.25, 0.3) is 0 Å². The van der Waals surface area contributed by atoms with E-state index in [4.69, 9.17) is 0 Å². The zero-order valence-corrected chi connectivity index (χ0v) is 7.02. The Morgan fingerprint density at radius 1 is 1.50 bits per heavy atom. The SMILES string of the molecule is CNc1ccc(C(C)=O)cc1F. The van der Waals surface area contributed by atoms with Gasteiger partial charge in [0.1, 0.15) is 5.82 Å². The van der Waals surface area contributed by atoms with Crippen LogP contribution in [-0.4, -0.2) is 12.8 Å². The van der Waals surface area contributed by atoms with Crippen molar-refractivity contribution in [2.45, 2.75) is 6.92 Å². The number of benzene rings is 1. The molecule has 1 aromatic rings. The molecule has 1 aromatic carbocycles. The van der Waals surface area contributed by atoms with Gasteiger partial charge in [-0.2, -0.15) is 0 Å². The van der Waals surface area contributed by atoms with Crippen LogP contribution in [0.15, 0.2) is 18.2 Å². The summed E-state index contributed by atoms with van der Waals surface area (Å²) in [6, 6.07) is 4.37. The number of anilines is 1. The molecule has 0 aliphatic rings. The average Bonchev–Trinajstić information content (AvgIpc) is 2.04. The second-order valence-corrected chi connectivity index (χ2v) is 2.50. The minimum Gasteiger partial charge on any atom is -0.386 e. The zero-order valence-electron chi connectivity index (χ0n) is 7.02. The van der Waals surface area contributed by atoms with Crippen molar-refractivity contribution in [1.82, 2.24) is 0 Å². The van der Waals surface area contributed by atoms with Gasteiger partial charge in [0.2, 0.25) is 0 Å². The lowest BCUT2D eigenvalue weighted by Crippen LogP contribution is -1.97. The third-order valence-electron chi connectivity index (χ3n) is 1.64. The molecule has 0 spiro atoms. The van der Waals surface area contributed by atoms with Crippen molar-refractivity contribution in [3.05, 3.63) is 29.6 Å². The summed E-state index contributed by atoms with van der Waals surface area (Å²) in [5.74, 6) is -0.526. The van der Waals surface area contributed by atoms with Gasteiger partial charge in [-0.15, -0.1) is 0 Å². The van der Waals surface area contributed by atoms with Crippen molar-refractivity contribution in [3.8, 4) is 0 Å². The number of carbonyl (C=O) groups is 1. The topological polar surface area (TPSA) is 29.1 Å². The molecule has 0 bridgehead atoms. The first-order valence-electron chi connectivity index (χ1n) is 3.63. The molecule has 64 valence electrons. The largest absolute Gasteiger partial charge is 0.386 e. The number of Topliss-reactive ketones (excluding diaryl/α,β-unsaturated/α-hetero) is 1. The van der Waals surface area contributed by atoms with Gasteiger partial charge in [-0.3, -0.25) is 4.79 Å². The molecule has 0 aliphatic heterocycles. The maximum atomic E-state index is 13.0. The number of ketones is 1. The first-order chi connectivity index (χ1) is 5.65. The highest BCUT2D eigenvalue weighted by molar-refractivity contribution is 5.94. The van der Waals surface area contributed by atoms with Crippen LogP contribution in [-0.2, 0) is 0 Å². The summed E-state index contributed by atoms with van der Waals surface area (Å²) in [7, 11) is 1.63. The van der Waals surface area contributed by atoms with Crippen molar-refractivity contribution in [2.75, 3.05) is 12.4 Å². The summed E-state index contributed by atoms with van der Waals surface area (Å²) < 4.78 is 13.0. The summed E-state index contributed by atoms with van der Waals surface area (Å²) in [5, 5.41) is 2.68. The third kappa shape index (κ3) is 1.61. The van der Waals surface area contributed by atoms with E-state index < -0.39 is 5.82 Å². The van der Waals surface area contributed by atoms with Crippen molar-refractivity contribution < 1.29 is 9.18 Å². The first-order valence-corrected chi connectivity index (χ1v) is 3.63. The molecule has 0 atom stereocenters. The van der Waals surface area contributed by atoms with E-state index in [1.807, 2.05) is 0 Å². The minimum atomic E-state index is -0.398. The predicted molar refractivity (Wildman–Crippen MR) is 46.0 cm³/mol. The molecule has 0 saturated carbocycles. The number of halogens is 1. The van der Waals surface area contributed by atoms with Crippen LogP contribution in [0.2, 0.25) is 0 Å². The molecule has 0 radical (unpaired) electrons. The number of hydrogen-bond donors (Lipinski definition) is 1. The van der Waals surface area contributed by atoms with Crippen LogP contribution in [0.25, 0.3) is 0 Å². The van der Waals surface area contributed by atoms with Crippen LogP contribution in [0.3, 0.4) is 0 Å². The van der Waals surface area contributed by atoms with E-state index in [1.54, 1.807) is 19.2 Å². The lowest BCUT2D eigenvalue weighted by atomic mass is 10.1. The average molecular weight is 167 g/mol. The molecule has 0 amide bonds. The van der Waals surface area contributed by atoms with Gasteiger partial charge < -0.3 is 5.32 Å². The molecule has 1 rings (SSSR count). The smallest absolute Gasteiger partial charge is 0.159 e. The van der Waals surface area contributed by atoms with Gasteiger partial charge in [-0.25, -0.2) is 4.39 Å². The normalized spacial score (nSPS) is 9.58. The van der Waals surface area contributed by atoms with Crippen LogP contribution in [0, 0.1) is 5.82 Å². The van der Waals surface area contributed by atoms with Crippen LogP contribution >= 0.6 is 0 Å². The fraction of sp³-hybridized carbons (Fsp3) is 0.222. The van der Waals surface area contributed by atoms with E-state index in [-0.39, 0.29) is 5.78 Å². The van der Waals surface area contributed by atoms with Crippen LogP contribution in [0.4, 0.5) is 10.1 Å². The second-order valence-electron chi connectivity index (χ2n) is 2.50. The van der Waals surface area contributed by atoms with E-state index in [2.05, 4.69) is 5.32 Å².